The van der Waals surface area contributed by atoms with Crippen LogP contribution in [0.3, 0.4) is 0 Å². The summed E-state index contributed by atoms with van der Waals surface area (Å²) in [5, 5.41) is 3.19. The van der Waals surface area contributed by atoms with Crippen molar-refractivity contribution in [3.63, 3.8) is 0 Å². The van der Waals surface area contributed by atoms with E-state index in [-0.39, 0.29) is 12.0 Å². The van der Waals surface area contributed by atoms with Gasteiger partial charge in [0.05, 0.1) is 0 Å². The Kier molecular flexibility index (Phi) is 4.68. The van der Waals surface area contributed by atoms with E-state index in [1.807, 2.05) is 0 Å². The average Bonchev–Trinajstić information content (AvgIpc) is 2.41. The maximum atomic E-state index is 13.8. The first-order valence-electron chi connectivity index (χ1n) is 6.08. The largest absolute Gasteiger partial charge is 0.313 e. The number of rotatable bonds is 4. The maximum absolute atomic E-state index is 13.8. The van der Waals surface area contributed by atoms with Crippen molar-refractivity contribution < 1.29 is 13.2 Å². The third kappa shape index (κ3) is 3.14. The van der Waals surface area contributed by atoms with Crippen LogP contribution in [0.25, 0.3) is 0 Å². The molecule has 0 spiro atoms. The second kappa shape index (κ2) is 6.29. The van der Waals surface area contributed by atoms with Crippen molar-refractivity contribution in [1.82, 2.24) is 5.32 Å². The third-order valence-corrected chi connectivity index (χ3v) is 3.36. The Labute approximate surface area is 120 Å². The fourth-order valence-electron chi connectivity index (χ4n) is 2.11. The number of nitrogens with one attached hydrogen (secondary N) is 1. The lowest BCUT2D eigenvalue weighted by atomic mass is 9.97. The first-order chi connectivity index (χ1) is 9.52. The minimum absolute atomic E-state index is 0.0980. The fraction of sp³-hybridized carbons (Fsp3) is 0.200. The molecule has 0 saturated heterocycles. The van der Waals surface area contributed by atoms with Crippen LogP contribution in [0.5, 0.6) is 0 Å². The molecule has 1 atom stereocenters. The monoisotopic (exact) mass is 299 g/mol. The Morgan fingerprint density at radius 2 is 1.70 bits per heavy atom. The van der Waals surface area contributed by atoms with Gasteiger partial charge in [0.1, 0.15) is 17.5 Å². The Hall–Kier alpha value is -1.52. The molecule has 0 aliphatic heterocycles. The van der Waals surface area contributed by atoms with Crippen LogP contribution in [0.1, 0.15) is 17.2 Å². The van der Waals surface area contributed by atoms with Gasteiger partial charge in [0.2, 0.25) is 0 Å². The van der Waals surface area contributed by atoms with Crippen molar-refractivity contribution in [2.24, 2.45) is 0 Å². The van der Waals surface area contributed by atoms with E-state index >= 15 is 0 Å². The van der Waals surface area contributed by atoms with Crippen molar-refractivity contribution in [2.45, 2.75) is 12.5 Å². The van der Waals surface area contributed by atoms with Crippen molar-refractivity contribution >= 4 is 11.6 Å². The lowest BCUT2D eigenvalue weighted by Gasteiger charge is -2.18. The molecule has 0 bridgehead atoms. The van der Waals surface area contributed by atoms with Crippen LogP contribution in [0.15, 0.2) is 36.4 Å². The normalized spacial score (nSPS) is 12.4. The van der Waals surface area contributed by atoms with Crippen LogP contribution in [-0.4, -0.2) is 7.05 Å². The van der Waals surface area contributed by atoms with Gasteiger partial charge in [-0.05, 0) is 49.4 Å². The molecule has 0 heterocycles. The molecule has 20 heavy (non-hydrogen) atoms. The lowest BCUT2D eigenvalue weighted by Crippen LogP contribution is -2.22. The van der Waals surface area contributed by atoms with E-state index in [9.17, 15) is 13.2 Å². The topological polar surface area (TPSA) is 12.0 Å². The smallest absolute Gasteiger partial charge is 0.130 e. The molecule has 2 aromatic carbocycles. The third-order valence-electron chi connectivity index (χ3n) is 3.13. The lowest BCUT2D eigenvalue weighted by molar-refractivity contribution is 0.482. The minimum atomic E-state index is -0.677. The zero-order chi connectivity index (χ0) is 14.7. The van der Waals surface area contributed by atoms with E-state index in [1.165, 1.54) is 36.4 Å². The molecule has 0 saturated carbocycles. The molecule has 0 aliphatic rings. The molecular weight excluding hydrogens is 287 g/mol. The molecule has 0 aliphatic carbocycles. The number of benzene rings is 2. The van der Waals surface area contributed by atoms with E-state index in [4.69, 9.17) is 11.6 Å². The number of halogens is 4. The van der Waals surface area contributed by atoms with E-state index in [1.54, 1.807) is 7.05 Å². The number of likely N-dealkylation sites (N-methyl/N-ethyl adjacent to an activating group) is 1. The van der Waals surface area contributed by atoms with Crippen molar-refractivity contribution in [2.75, 3.05) is 7.05 Å². The average molecular weight is 300 g/mol. The molecule has 0 aromatic heterocycles. The van der Waals surface area contributed by atoms with Gasteiger partial charge in [0.15, 0.2) is 0 Å². The summed E-state index contributed by atoms with van der Waals surface area (Å²) in [6.45, 7) is 0. The van der Waals surface area contributed by atoms with Crippen molar-refractivity contribution in [3.8, 4) is 0 Å². The molecular formula is C15H13ClF3N. The van der Waals surface area contributed by atoms with Gasteiger partial charge in [-0.15, -0.1) is 0 Å². The summed E-state index contributed by atoms with van der Waals surface area (Å²) < 4.78 is 41.2. The van der Waals surface area contributed by atoms with Gasteiger partial charge in [-0.1, -0.05) is 17.7 Å². The second-order valence-electron chi connectivity index (χ2n) is 4.42. The minimum Gasteiger partial charge on any atom is -0.313 e. The molecule has 1 N–H and O–H groups in total. The molecule has 106 valence electrons. The SMILES string of the molecule is CNC(Cc1cc(Cl)ccc1F)c1c(F)cccc1F. The van der Waals surface area contributed by atoms with Gasteiger partial charge in [-0.2, -0.15) is 0 Å². The molecule has 0 radical (unpaired) electrons. The van der Waals surface area contributed by atoms with Gasteiger partial charge in [0.25, 0.3) is 0 Å². The summed E-state index contributed by atoms with van der Waals surface area (Å²) in [5.74, 6) is -1.77. The van der Waals surface area contributed by atoms with Crippen molar-refractivity contribution in [1.29, 1.82) is 0 Å². The molecule has 1 unspecified atom stereocenters. The highest BCUT2D eigenvalue weighted by molar-refractivity contribution is 6.30. The summed E-state index contributed by atoms with van der Waals surface area (Å²) in [6.07, 6.45) is 0.0980. The molecule has 5 heteroatoms. The first-order valence-corrected chi connectivity index (χ1v) is 6.46. The summed E-state index contributed by atoms with van der Waals surface area (Å²) >= 11 is 5.82. The first kappa shape index (κ1) is 14.9. The van der Waals surface area contributed by atoms with Gasteiger partial charge in [0, 0.05) is 16.6 Å². The molecule has 2 aromatic rings. The molecule has 0 amide bonds. The summed E-state index contributed by atoms with van der Waals surface area (Å²) in [6, 6.07) is 7.10. The number of hydrogen-bond donors (Lipinski definition) is 1. The Morgan fingerprint density at radius 1 is 1.05 bits per heavy atom. The number of hydrogen-bond acceptors (Lipinski definition) is 1. The summed E-state index contributed by atoms with van der Waals surface area (Å²) in [7, 11) is 1.57. The predicted molar refractivity (Wildman–Crippen MR) is 73.3 cm³/mol. The van der Waals surface area contributed by atoms with E-state index < -0.39 is 23.5 Å². The highest BCUT2D eigenvalue weighted by Gasteiger charge is 2.20. The van der Waals surface area contributed by atoms with E-state index in [0.717, 1.165) is 0 Å². The molecule has 2 rings (SSSR count). The van der Waals surface area contributed by atoms with Gasteiger partial charge >= 0.3 is 0 Å². The van der Waals surface area contributed by atoms with E-state index in [0.29, 0.717) is 10.6 Å². The van der Waals surface area contributed by atoms with Gasteiger partial charge in [-0.25, -0.2) is 13.2 Å². The maximum Gasteiger partial charge on any atom is 0.130 e. The molecule has 0 fully saturated rings. The van der Waals surface area contributed by atoms with Crippen LogP contribution >= 0.6 is 11.6 Å². The van der Waals surface area contributed by atoms with Gasteiger partial charge in [-0.3, -0.25) is 0 Å². The predicted octanol–water partition coefficient (Wildman–Crippen LogP) is 4.26. The Balaban J connectivity index is 2.36. The highest BCUT2D eigenvalue weighted by atomic mass is 35.5. The van der Waals surface area contributed by atoms with E-state index in [2.05, 4.69) is 5.32 Å². The summed E-state index contributed by atoms with van der Waals surface area (Å²) in [5.41, 5.74) is 0.203. The standard InChI is InChI=1S/C15H13ClF3N/c1-20-14(15-12(18)3-2-4-13(15)19)8-9-7-10(16)5-6-11(9)17/h2-7,14,20H,8H2,1H3. The van der Waals surface area contributed by atoms with Crippen LogP contribution in [0.2, 0.25) is 5.02 Å². The van der Waals surface area contributed by atoms with Gasteiger partial charge < -0.3 is 5.32 Å². The zero-order valence-electron chi connectivity index (χ0n) is 10.8. The Morgan fingerprint density at radius 3 is 2.30 bits per heavy atom. The zero-order valence-corrected chi connectivity index (χ0v) is 11.5. The highest BCUT2D eigenvalue weighted by Crippen LogP contribution is 2.26. The summed E-state index contributed by atoms with van der Waals surface area (Å²) in [4.78, 5) is 0. The van der Waals surface area contributed by atoms with Crippen LogP contribution in [0.4, 0.5) is 13.2 Å². The van der Waals surface area contributed by atoms with Crippen LogP contribution in [0, 0.1) is 17.5 Å². The van der Waals surface area contributed by atoms with Crippen LogP contribution in [-0.2, 0) is 6.42 Å². The quantitative estimate of drug-likeness (QED) is 0.889. The van der Waals surface area contributed by atoms with Crippen molar-refractivity contribution in [3.05, 3.63) is 70.0 Å². The fourth-order valence-corrected chi connectivity index (χ4v) is 2.31. The Bertz CT molecular complexity index is 596. The van der Waals surface area contributed by atoms with Crippen LogP contribution < -0.4 is 5.32 Å². The second-order valence-corrected chi connectivity index (χ2v) is 4.85. The molecule has 1 nitrogen and oxygen atoms in total.